The Morgan fingerprint density at radius 3 is 2.56 bits per heavy atom. The lowest BCUT2D eigenvalue weighted by Crippen LogP contribution is -1.97. The van der Waals surface area contributed by atoms with E-state index in [2.05, 4.69) is 21.4 Å². The molecule has 0 bridgehead atoms. The maximum absolute atomic E-state index is 8.87. The van der Waals surface area contributed by atoms with Crippen molar-refractivity contribution >= 4 is 5.82 Å². The van der Waals surface area contributed by atoms with Crippen LogP contribution in [0.4, 0.5) is 5.82 Å². The minimum atomic E-state index is 0.542. The summed E-state index contributed by atoms with van der Waals surface area (Å²) < 4.78 is 0. The van der Waals surface area contributed by atoms with Crippen molar-refractivity contribution in [2.45, 2.75) is 0 Å². The molecule has 0 saturated heterocycles. The van der Waals surface area contributed by atoms with Crippen molar-refractivity contribution in [3.8, 4) is 17.3 Å². The first-order valence-electron chi connectivity index (χ1n) is 4.84. The smallest absolute Gasteiger partial charge is 0.144 e. The largest absolute Gasteiger partial charge is 0.372 e. The van der Waals surface area contributed by atoms with E-state index in [1.165, 1.54) is 0 Å². The van der Waals surface area contributed by atoms with Gasteiger partial charge in [-0.15, -0.1) is 0 Å². The summed E-state index contributed by atoms with van der Waals surface area (Å²) >= 11 is 0. The van der Waals surface area contributed by atoms with Crippen molar-refractivity contribution in [1.82, 2.24) is 9.97 Å². The van der Waals surface area contributed by atoms with E-state index < -0.39 is 0 Å². The van der Waals surface area contributed by atoms with Crippen LogP contribution in [0.25, 0.3) is 11.3 Å². The van der Waals surface area contributed by atoms with Gasteiger partial charge in [0, 0.05) is 25.0 Å². The summed E-state index contributed by atoms with van der Waals surface area (Å²) in [5, 5.41) is 11.8. The summed E-state index contributed by atoms with van der Waals surface area (Å²) in [4.78, 5) is 8.32. The van der Waals surface area contributed by atoms with E-state index in [0.717, 1.165) is 11.3 Å². The number of nitriles is 1. The van der Waals surface area contributed by atoms with E-state index in [0.29, 0.717) is 11.4 Å². The lowest BCUT2D eigenvalue weighted by atomic mass is 10.1. The molecule has 0 aliphatic heterocycles. The molecular weight excluding hydrogens is 200 g/mol. The average molecular weight is 210 g/mol. The zero-order valence-electron chi connectivity index (χ0n) is 8.81. The number of nitrogens with one attached hydrogen (secondary N) is 1. The van der Waals surface area contributed by atoms with Crippen LogP contribution in [0.2, 0.25) is 0 Å². The van der Waals surface area contributed by atoms with Crippen molar-refractivity contribution in [2.75, 3.05) is 12.4 Å². The van der Waals surface area contributed by atoms with Crippen LogP contribution in [0.15, 0.2) is 36.7 Å². The first-order chi connectivity index (χ1) is 7.85. The van der Waals surface area contributed by atoms with Gasteiger partial charge in [0.05, 0.1) is 11.3 Å². The monoisotopic (exact) mass is 210 g/mol. The van der Waals surface area contributed by atoms with Gasteiger partial charge in [-0.05, 0) is 24.3 Å². The molecule has 2 aromatic rings. The van der Waals surface area contributed by atoms with Gasteiger partial charge in [-0.3, -0.25) is 4.98 Å². The lowest BCUT2D eigenvalue weighted by molar-refractivity contribution is 1.25. The third-order valence-corrected chi connectivity index (χ3v) is 2.23. The minimum absolute atomic E-state index is 0.542. The Kier molecular flexibility index (Phi) is 2.79. The quantitative estimate of drug-likeness (QED) is 0.824. The molecule has 0 unspecified atom stereocenters. The van der Waals surface area contributed by atoms with Crippen LogP contribution in [-0.2, 0) is 0 Å². The predicted octanol–water partition coefficient (Wildman–Crippen LogP) is 2.06. The first kappa shape index (κ1) is 10.1. The van der Waals surface area contributed by atoms with Crippen LogP contribution < -0.4 is 5.32 Å². The summed E-state index contributed by atoms with van der Waals surface area (Å²) in [5.74, 6) is 0.594. The van der Waals surface area contributed by atoms with Gasteiger partial charge < -0.3 is 5.32 Å². The predicted molar refractivity (Wildman–Crippen MR) is 61.7 cm³/mol. The normalized spacial score (nSPS) is 9.50. The molecule has 1 N–H and O–H groups in total. The zero-order valence-corrected chi connectivity index (χ0v) is 8.81. The third-order valence-electron chi connectivity index (χ3n) is 2.23. The van der Waals surface area contributed by atoms with Gasteiger partial charge in [-0.25, -0.2) is 4.98 Å². The summed E-state index contributed by atoms with van der Waals surface area (Å²) in [6.07, 6.45) is 3.43. The number of pyridine rings is 2. The molecular formula is C12H10N4. The molecule has 0 spiro atoms. The minimum Gasteiger partial charge on any atom is -0.372 e. The summed E-state index contributed by atoms with van der Waals surface area (Å²) in [5.41, 5.74) is 2.35. The fraction of sp³-hybridized carbons (Fsp3) is 0.0833. The van der Waals surface area contributed by atoms with Crippen molar-refractivity contribution in [3.05, 3.63) is 42.2 Å². The van der Waals surface area contributed by atoms with Crippen LogP contribution in [0, 0.1) is 11.3 Å². The first-order valence-corrected chi connectivity index (χ1v) is 4.84. The molecule has 0 amide bonds. The second-order valence-corrected chi connectivity index (χ2v) is 3.19. The van der Waals surface area contributed by atoms with Crippen LogP contribution in [-0.4, -0.2) is 17.0 Å². The molecule has 16 heavy (non-hydrogen) atoms. The fourth-order valence-corrected chi connectivity index (χ4v) is 1.42. The molecule has 0 aromatic carbocycles. The summed E-state index contributed by atoms with van der Waals surface area (Å²) in [6.45, 7) is 0. The SMILES string of the molecule is CNc1nc(-c2ccncc2)ccc1C#N. The fourth-order valence-electron chi connectivity index (χ4n) is 1.42. The van der Waals surface area contributed by atoms with E-state index in [9.17, 15) is 0 Å². The number of anilines is 1. The zero-order chi connectivity index (χ0) is 11.4. The van der Waals surface area contributed by atoms with Crippen LogP contribution in [0.1, 0.15) is 5.56 Å². The van der Waals surface area contributed by atoms with Crippen LogP contribution in [0.3, 0.4) is 0 Å². The highest BCUT2D eigenvalue weighted by Crippen LogP contribution is 2.20. The highest BCUT2D eigenvalue weighted by molar-refractivity contribution is 5.64. The van der Waals surface area contributed by atoms with Gasteiger partial charge in [0.1, 0.15) is 11.9 Å². The Labute approximate surface area is 93.6 Å². The third kappa shape index (κ3) is 1.84. The molecule has 0 atom stereocenters. The molecule has 2 aromatic heterocycles. The molecule has 4 nitrogen and oxygen atoms in total. The van der Waals surface area contributed by atoms with E-state index in [-0.39, 0.29) is 0 Å². The van der Waals surface area contributed by atoms with Gasteiger partial charge >= 0.3 is 0 Å². The maximum atomic E-state index is 8.87. The average Bonchev–Trinajstić information content (AvgIpc) is 2.39. The van der Waals surface area contributed by atoms with Crippen molar-refractivity contribution in [3.63, 3.8) is 0 Å². The molecule has 0 aliphatic rings. The topological polar surface area (TPSA) is 61.6 Å². The molecule has 2 heterocycles. The van der Waals surface area contributed by atoms with Gasteiger partial charge in [-0.2, -0.15) is 5.26 Å². The van der Waals surface area contributed by atoms with Gasteiger partial charge in [0.15, 0.2) is 0 Å². The van der Waals surface area contributed by atoms with Gasteiger partial charge in [-0.1, -0.05) is 0 Å². The number of hydrogen-bond acceptors (Lipinski definition) is 4. The second kappa shape index (κ2) is 4.41. The van der Waals surface area contributed by atoms with Gasteiger partial charge in [0.25, 0.3) is 0 Å². The highest BCUT2D eigenvalue weighted by Gasteiger charge is 2.04. The summed E-state index contributed by atoms with van der Waals surface area (Å²) in [6, 6.07) is 9.44. The number of hydrogen-bond donors (Lipinski definition) is 1. The standard InChI is InChI=1S/C12H10N4/c1-14-12-10(8-13)2-3-11(16-12)9-4-6-15-7-5-9/h2-7H,1H3,(H,14,16). The molecule has 0 radical (unpaired) electrons. The second-order valence-electron chi connectivity index (χ2n) is 3.19. The molecule has 0 aliphatic carbocycles. The molecule has 4 heteroatoms. The molecule has 2 rings (SSSR count). The van der Waals surface area contributed by atoms with Crippen molar-refractivity contribution in [2.24, 2.45) is 0 Å². The highest BCUT2D eigenvalue weighted by atomic mass is 15.0. The van der Waals surface area contributed by atoms with Crippen molar-refractivity contribution in [1.29, 1.82) is 5.26 Å². The Balaban J connectivity index is 2.49. The number of aromatic nitrogens is 2. The van der Waals surface area contributed by atoms with Gasteiger partial charge in [0.2, 0.25) is 0 Å². The van der Waals surface area contributed by atoms with E-state index in [1.807, 2.05) is 18.2 Å². The van der Waals surface area contributed by atoms with E-state index >= 15 is 0 Å². The van der Waals surface area contributed by atoms with E-state index in [1.54, 1.807) is 25.5 Å². The molecule has 0 saturated carbocycles. The Morgan fingerprint density at radius 1 is 1.19 bits per heavy atom. The Hall–Kier alpha value is -2.41. The lowest BCUT2D eigenvalue weighted by Gasteiger charge is -2.05. The van der Waals surface area contributed by atoms with Crippen LogP contribution >= 0.6 is 0 Å². The molecule has 0 fully saturated rings. The number of nitrogens with zero attached hydrogens (tertiary/aromatic N) is 3. The van der Waals surface area contributed by atoms with Crippen LogP contribution in [0.5, 0.6) is 0 Å². The summed E-state index contributed by atoms with van der Waals surface area (Å²) in [7, 11) is 1.75. The maximum Gasteiger partial charge on any atom is 0.144 e. The Bertz CT molecular complexity index is 528. The Morgan fingerprint density at radius 2 is 1.94 bits per heavy atom. The number of rotatable bonds is 2. The molecule has 78 valence electrons. The van der Waals surface area contributed by atoms with E-state index in [4.69, 9.17) is 5.26 Å². The van der Waals surface area contributed by atoms with Crippen molar-refractivity contribution < 1.29 is 0 Å².